The average Bonchev–Trinajstić information content (AvgIpc) is 2.90. The molecule has 1 aromatic carbocycles. The summed E-state index contributed by atoms with van der Waals surface area (Å²) in [6, 6.07) is 6.85. The Hall–Kier alpha value is -1.11. The number of likely N-dealkylation sites (N-methyl/N-ethyl adjacent to an activating group) is 1. The van der Waals surface area contributed by atoms with Crippen LogP contribution in [0.3, 0.4) is 0 Å². The van der Waals surface area contributed by atoms with Crippen LogP contribution in [0.15, 0.2) is 29.2 Å². The highest BCUT2D eigenvalue weighted by Crippen LogP contribution is 2.25. The topological polar surface area (TPSA) is 58.6 Å². The zero-order valence-corrected chi connectivity index (χ0v) is 13.7. The standard InChI is InChI=1S/C15H24N2O3S/c1-4-10-16-13-5-7-14(8-6-13)21(18,19)17(3)15-9-11-20-12(15)2/h5-8,12,15-16H,4,9-11H2,1-3H3. The van der Waals surface area contributed by atoms with Gasteiger partial charge in [-0.15, -0.1) is 0 Å². The number of nitrogens with zero attached hydrogens (tertiary/aromatic N) is 1. The number of ether oxygens (including phenoxy) is 1. The third-order valence-corrected chi connectivity index (χ3v) is 5.81. The van der Waals surface area contributed by atoms with Gasteiger partial charge in [-0.25, -0.2) is 8.42 Å². The van der Waals surface area contributed by atoms with Gasteiger partial charge < -0.3 is 10.1 Å². The second-order valence-electron chi connectivity index (χ2n) is 5.40. The largest absolute Gasteiger partial charge is 0.385 e. The Balaban J connectivity index is 2.15. The summed E-state index contributed by atoms with van der Waals surface area (Å²) in [5.74, 6) is 0. The van der Waals surface area contributed by atoms with Gasteiger partial charge in [0.1, 0.15) is 0 Å². The van der Waals surface area contributed by atoms with Gasteiger partial charge in [-0.3, -0.25) is 0 Å². The van der Waals surface area contributed by atoms with Crippen LogP contribution in [0.4, 0.5) is 5.69 Å². The Kier molecular flexibility index (Phi) is 5.24. The highest BCUT2D eigenvalue weighted by molar-refractivity contribution is 7.89. The van der Waals surface area contributed by atoms with Crippen molar-refractivity contribution in [1.29, 1.82) is 0 Å². The molecule has 0 radical (unpaired) electrons. The van der Waals surface area contributed by atoms with Crippen molar-refractivity contribution in [3.63, 3.8) is 0 Å². The normalized spacial score (nSPS) is 22.7. The number of benzene rings is 1. The van der Waals surface area contributed by atoms with E-state index in [2.05, 4.69) is 12.2 Å². The van der Waals surface area contributed by atoms with Crippen molar-refractivity contribution in [2.45, 2.75) is 43.7 Å². The Morgan fingerprint density at radius 1 is 1.33 bits per heavy atom. The van der Waals surface area contributed by atoms with Gasteiger partial charge in [-0.2, -0.15) is 4.31 Å². The van der Waals surface area contributed by atoms with Gasteiger partial charge in [0.15, 0.2) is 0 Å². The highest BCUT2D eigenvalue weighted by Gasteiger charge is 2.35. The first-order chi connectivity index (χ1) is 9.96. The fourth-order valence-electron chi connectivity index (χ4n) is 2.56. The third-order valence-electron chi connectivity index (χ3n) is 3.91. The third kappa shape index (κ3) is 3.56. The van der Waals surface area contributed by atoms with Crippen LogP contribution >= 0.6 is 0 Å². The molecule has 0 saturated carbocycles. The predicted molar refractivity (Wildman–Crippen MR) is 84.0 cm³/mol. The van der Waals surface area contributed by atoms with Crippen molar-refractivity contribution in [3.05, 3.63) is 24.3 Å². The predicted octanol–water partition coefficient (Wildman–Crippen LogP) is 2.31. The van der Waals surface area contributed by atoms with E-state index in [1.54, 1.807) is 19.2 Å². The Morgan fingerprint density at radius 2 is 2.00 bits per heavy atom. The number of sulfonamides is 1. The minimum atomic E-state index is -3.47. The smallest absolute Gasteiger partial charge is 0.243 e. The molecule has 5 nitrogen and oxygen atoms in total. The van der Waals surface area contributed by atoms with Crippen LogP contribution in [0.25, 0.3) is 0 Å². The van der Waals surface area contributed by atoms with Crippen LogP contribution in [-0.4, -0.2) is 45.1 Å². The molecule has 0 spiro atoms. The quantitative estimate of drug-likeness (QED) is 0.876. The second kappa shape index (κ2) is 6.77. The lowest BCUT2D eigenvalue weighted by molar-refractivity contribution is 0.102. The van der Waals surface area contributed by atoms with Crippen molar-refractivity contribution >= 4 is 15.7 Å². The van der Waals surface area contributed by atoms with E-state index < -0.39 is 10.0 Å². The lowest BCUT2D eigenvalue weighted by atomic mass is 10.2. The number of nitrogens with one attached hydrogen (secondary N) is 1. The van der Waals surface area contributed by atoms with E-state index >= 15 is 0 Å². The summed E-state index contributed by atoms with van der Waals surface area (Å²) in [5, 5.41) is 3.24. The molecule has 2 atom stereocenters. The summed E-state index contributed by atoms with van der Waals surface area (Å²) < 4.78 is 32.2. The van der Waals surface area contributed by atoms with Crippen LogP contribution in [0, 0.1) is 0 Å². The summed E-state index contributed by atoms with van der Waals surface area (Å²) in [4.78, 5) is 0.325. The van der Waals surface area contributed by atoms with E-state index in [-0.39, 0.29) is 12.1 Å². The maximum Gasteiger partial charge on any atom is 0.243 e. The molecular weight excluding hydrogens is 288 g/mol. The minimum Gasteiger partial charge on any atom is -0.385 e. The number of anilines is 1. The van der Waals surface area contributed by atoms with Crippen molar-refractivity contribution in [2.75, 3.05) is 25.5 Å². The molecule has 0 bridgehead atoms. The zero-order valence-electron chi connectivity index (χ0n) is 12.9. The van der Waals surface area contributed by atoms with E-state index in [0.717, 1.165) is 25.1 Å². The Morgan fingerprint density at radius 3 is 2.52 bits per heavy atom. The molecule has 2 unspecified atom stereocenters. The maximum absolute atomic E-state index is 12.6. The summed E-state index contributed by atoms with van der Waals surface area (Å²) in [6.07, 6.45) is 1.71. The van der Waals surface area contributed by atoms with Crippen molar-refractivity contribution < 1.29 is 13.2 Å². The summed E-state index contributed by atoms with van der Waals surface area (Å²) in [7, 11) is -1.83. The SMILES string of the molecule is CCCNc1ccc(S(=O)(=O)N(C)C2CCOC2C)cc1. The van der Waals surface area contributed by atoms with Crippen molar-refractivity contribution in [3.8, 4) is 0 Å². The monoisotopic (exact) mass is 312 g/mol. The number of rotatable bonds is 6. The van der Waals surface area contributed by atoms with E-state index in [4.69, 9.17) is 4.74 Å². The summed E-state index contributed by atoms with van der Waals surface area (Å²) >= 11 is 0. The summed E-state index contributed by atoms with van der Waals surface area (Å²) in [6.45, 7) is 5.50. The van der Waals surface area contributed by atoms with E-state index in [1.807, 2.05) is 19.1 Å². The number of hydrogen-bond acceptors (Lipinski definition) is 4. The molecule has 1 fully saturated rings. The van der Waals surface area contributed by atoms with Gasteiger partial charge in [0.2, 0.25) is 10.0 Å². The van der Waals surface area contributed by atoms with Gasteiger partial charge in [0, 0.05) is 25.9 Å². The molecule has 2 rings (SSSR count). The van der Waals surface area contributed by atoms with Crippen molar-refractivity contribution in [2.24, 2.45) is 0 Å². The molecule has 21 heavy (non-hydrogen) atoms. The molecule has 1 N–H and O–H groups in total. The molecule has 1 aliphatic heterocycles. The maximum atomic E-state index is 12.6. The van der Waals surface area contributed by atoms with Gasteiger partial charge in [0.25, 0.3) is 0 Å². The highest BCUT2D eigenvalue weighted by atomic mass is 32.2. The molecule has 1 saturated heterocycles. The van der Waals surface area contributed by atoms with Gasteiger partial charge in [-0.1, -0.05) is 6.92 Å². The average molecular weight is 312 g/mol. The second-order valence-corrected chi connectivity index (χ2v) is 7.40. The molecule has 0 aromatic heterocycles. The van der Waals surface area contributed by atoms with Gasteiger partial charge in [-0.05, 0) is 44.0 Å². The molecule has 6 heteroatoms. The molecule has 1 aliphatic rings. The van der Waals surface area contributed by atoms with Crippen LogP contribution in [0.1, 0.15) is 26.7 Å². The first-order valence-electron chi connectivity index (χ1n) is 7.40. The van der Waals surface area contributed by atoms with E-state index in [9.17, 15) is 8.42 Å². The fourth-order valence-corrected chi connectivity index (χ4v) is 4.00. The van der Waals surface area contributed by atoms with Gasteiger partial charge in [0.05, 0.1) is 17.0 Å². The fraction of sp³-hybridized carbons (Fsp3) is 0.600. The van der Waals surface area contributed by atoms with Crippen LogP contribution in [-0.2, 0) is 14.8 Å². The van der Waals surface area contributed by atoms with Crippen LogP contribution < -0.4 is 5.32 Å². The molecule has 1 aromatic rings. The lowest BCUT2D eigenvalue weighted by Crippen LogP contribution is -2.40. The van der Waals surface area contributed by atoms with Gasteiger partial charge >= 0.3 is 0 Å². The molecule has 118 valence electrons. The van der Waals surface area contributed by atoms with E-state index in [0.29, 0.717) is 11.5 Å². The molecule has 0 aliphatic carbocycles. The molecular formula is C15H24N2O3S. The Bertz CT molecular complexity index is 557. The van der Waals surface area contributed by atoms with Crippen LogP contribution in [0.2, 0.25) is 0 Å². The summed E-state index contributed by atoms with van der Waals surface area (Å²) in [5.41, 5.74) is 0.941. The first kappa shape index (κ1) is 16.3. The van der Waals surface area contributed by atoms with E-state index in [1.165, 1.54) is 4.31 Å². The van der Waals surface area contributed by atoms with Crippen molar-refractivity contribution in [1.82, 2.24) is 4.31 Å². The van der Waals surface area contributed by atoms with Crippen LogP contribution in [0.5, 0.6) is 0 Å². The zero-order chi connectivity index (χ0) is 15.5. The molecule has 1 heterocycles. The first-order valence-corrected chi connectivity index (χ1v) is 8.84. The molecule has 0 amide bonds. The minimum absolute atomic E-state index is 0.0599. The number of hydrogen-bond donors (Lipinski definition) is 1. The Labute approximate surface area is 127 Å². The lowest BCUT2D eigenvalue weighted by Gasteiger charge is -2.26.